The first-order valence-corrected chi connectivity index (χ1v) is 11.2. The standard InChI is InChI=1S/C23H28F3N5O2/c1-29(2)21(33)31-13-19(20(32)28-16-4-5-16)22(14-31)7-9-30(10-8-22)17-6-3-15(12-27)18(11-17)23(24,25)26/h3,6,11,16,19H,4-5,7-10,13-14H2,1-2H3,(H,28,32). The lowest BCUT2D eigenvalue weighted by Crippen LogP contribution is -2.49. The molecule has 0 aromatic heterocycles. The smallest absolute Gasteiger partial charge is 0.371 e. The molecule has 3 aliphatic rings. The van der Waals surface area contributed by atoms with E-state index in [0.29, 0.717) is 44.7 Å². The third-order valence-electron chi connectivity index (χ3n) is 7.09. The van der Waals surface area contributed by atoms with Crippen molar-refractivity contribution in [2.75, 3.05) is 45.2 Å². The summed E-state index contributed by atoms with van der Waals surface area (Å²) < 4.78 is 40.2. The van der Waals surface area contributed by atoms with E-state index in [1.54, 1.807) is 31.1 Å². The number of hydrogen-bond donors (Lipinski definition) is 1. The fraction of sp³-hybridized carbons (Fsp3) is 0.609. The van der Waals surface area contributed by atoms with Crippen LogP contribution in [0, 0.1) is 22.7 Å². The van der Waals surface area contributed by atoms with Crippen molar-refractivity contribution in [3.63, 3.8) is 0 Å². The second-order valence-corrected chi connectivity index (χ2v) is 9.58. The second kappa shape index (κ2) is 8.43. The van der Waals surface area contributed by atoms with Gasteiger partial charge in [-0.2, -0.15) is 18.4 Å². The Kier molecular flexibility index (Phi) is 5.93. The summed E-state index contributed by atoms with van der Waals surface area (Å²) in [7, 11) is 3.36. The Morgan fingerprint density at radius 2 is 1.88 bits per heavy atom. The molecule has 1 spiro atoms. The fourth-order valence-electron chi connectivity index (χ4n) is 5.07. The van der Waals surface area contributed by atoms with Gasteiger partial charge in [-0.05, 0) is 43.9 Å². The van der Waals surface area contributed by atoms with Crippen LogP contribution in [0.4, 0.5) is 23.7 Å². The third kappa shape index (κ3) is 4.59. The summed E-state index contributed by atoms with van der Waals surface area (Å²) in [6, 6.07) is 5.47. The summed E-state index contributed by atoms with van der Waals surface area (Å²) >= 11 is 0. The molecular formula is C23H28F3N5O2. The molecule has 2 aliphatic heterocycles. The average Bonchev–Trinajstić information content (AvgIpc) is 3.51. The van der Waals surface area contributed by atoms with Gasteiger partial charge in [-0.1, -0.05) is 0 Å². The van der Waals surface area contributed by atoms with Gasteiger partial charge in [-0.25, -0.2) is 4.79 Å². The van der Waals surface area contributed by atoms with Crippen molar-refractivity contribution in [2.24, 2.45) is 11.3 Å². The lowest BCUT2D eigenvalue weighted by atomic mass is 9.70. The van der Waals surface area contributed by atoms with Crippen molar-refractivity contribution in [1.82, 2.24) is 15.1 Å². The van der Waals surface area contributed by atoms with Crippen molar-refractivity contribution in [3.8, 4) is 6.07 Å². The number of hydrogen-bond acceptors (Lipinski definition) is 4. The number of carbonyl (C=O) groups is 2. The van der Waals surface area contributed by atoms with Crippen LogP contribution in [-0.4, -0.2) is 68.1 Å². The lowest BCUT2D eigenvalue weighted by Gasteiger charge is -2.43. The number of benzene rings is 1. The van der Waals surface area contributed by atoms with Gasteiger partial charge < -0.3 is 20.0 Å². The van der Waals surface area contributed by atoms with Crippen LogP contribution in [0.15, 0.2) is 18.2 Å². The predicted octanol–water partition coefficient (Wildman–Crippen LogP) is 3.06. The number of piperidine rings is 1. The van der Waals surface area contributed by atoms with E-state index in [0.717, 1.165) is 18.9 Å². The largest absolute Gasteiger partial charge is 0.417 e. The minimum absolute atomic E-state index is 0.0299. The molecule has 4 rings (SSSR count). The number of amides is 3. The lowest BCUT2D eigenvalue weighted by molar-refractivity contribution is -0.137. The molecule has 3 fully saturated rings. The number of nitrogens with zero attached hydrogens (tertiary/aromatic N) is 4. The maximum absolute atomic E-state index is 13.4. The molecule has 178 valence electrons. The average molecular weight is 464 g/mol. The molecule has 1 atom stereocenters. The number of carbonyl (C=O) groups excluding carboxylic acids is 2. The maximum Gasteiger partial charge on any atom is 0.417 e. The van der Waals surface area contributed by atoms with Crippen LogP contribution < -0.4 is 10.2 Å². The van der Waals surface area contributed by atoms with E-state index in [1.807, 2.05) is 4.90 Å². The molecule has 1 aliphatic carbocycles. The maximum atomic E-state index is 13.4. The van der Waals surface area contributed by atoms with E-state index in [1.165, 1.54) is 11.0 Å². The minimum atomic E-state index is -4.61. The normalized spacial score (nSPS) is 22.2. The molecule has 7 nitrogen and oxygen atoms in total. The minimum Gasteiger partial charge on any atom is -0.371 e. The van der Waals surface area contributed by atoms with Crippen LogP contribution in [-0.2, 0) is 11.0 Å². The number of halogens is 3. The molecule has 1 N–H and O–H groups in total. The van der Waals surface area contributed by atoms with Gasteiger partial charge in [0.15, 0.2) is 0 Å². The number of nitriles is 1. The Balaban J connectivity index is 1.54. The Morgan fingerprint density at radius 3 is 2.42 bits per heavy atom. The zero-order valence-corrected chi connectivity index (χ0v) is 18.8. The SMILES string of the molecule is CN(C)C(=O)N1CC(C(=O)NC2CC2)C2(CCN(c3ccc(C#N)c(C(F)(F)F)c3)CC2)C1. The first kappa shape index (κ1) is 23.2. The number of likely N-dealkylation sites (tertiary alicyclic amines) is 1. The molecular weight excluding hydrogens is 435 g/mol. The van der Waals surface area contributed by atoms with Crippen LogP contribution in [0.2, 0.25) is 0 Å². The van der Waals surface area contributed by atoms with Gasteiger partial charge in [0.25, 0.3) is 0 Å². The summed E-state index contributed by atoms with van der Waals surface area (Å²) in [6.07, 6.45) is -1.48. The summed E-state index contributed by atoms with van der Waals surface area (Å²) in [4.78, 5) is 30.8. The molecule has 1 unspecified atom stereocenters. The van der Waals surface area contributed by atoms with E-state index in [9.17, 15) is 22.8 Å². The van der Waals surface area contributed by atoms with E-state index < -0.39 is 22.7 Å². The molecule has 1 aromatic carbocycles. The first-order chi connectivity index (χ1) is 15.5. The van der Waals surface area contributed by atoms with Gasteiger partial charge in [0.2, 0.25) is 5.91 Å². The molecule has 2 heterocycles. The van der Waals surface area contributed by atoms with Crippen molar-refractivity contribution >= 4 is 17.6 Å². The van der Waals surface area contributed by atoms with E-state index in [4.69, 9.17) is 5.26 Å². The zero-order chi connectivity index (χ0) is 24.0. The van der Waals surface area contributed by atoms with Crippen molar-refractivity contribution in [3.05, 3.63) is 29.3 Å². The molecule has 1 aromatic rings. The van der Waals surface area contributed by atoms with Gasteiger partial charge in [-0.15, -0.1) is 0 Å². The second-order valence-electron chi connectivity index (χ2n) is 9.58. The first-order valence-electron chi connectivity index (χ1n) is 11.2. The highest BCUT2D eigenvalue weighted by Crippen LogP contribution is 2.46. The molecule has 0 bridgehead atoms. The van der Waals surface area contributed by atoms with Crippen LogP contribution in [0.3, 0.4) is 0 Å². The Labute approximate surface area is 191 Å². The van der Waals surface area contributed by atoms with Gasteiger partial charge in [0, 0.05) is 57.4 Å². The molecule has 0 radical (unpaired) electrons. The highest BCUT2D eigenvalue weighted by molar-refractivity contribution is 5.83. The van der Waals surface area contributed by atoms with Gasteiger partial charge in [0.05, 0.1) is 23.1 Å². The highest BCUT2D eigenvalue weighted by Gasteiger charge is 2.53. The molecule has 1 saturated carbocycles. The topological polar surface area (TPSA) is 79.7 Å². The van der Waals surface area contributed by atoms with E-state index >= 15 is 0 Å². The number of urea groups is 1. The predicted molar refractivity (Wildman–Crippen MR) is 115 cm³/mol. The van der Waals surface area contributed by atoms with Gasteiger partial charge in [0.1, 0.15) is 0 Å². The summed E-state index contributed by atoms with van der Waals surface area (Å²) in [5.74, 6) is -0.367. The van der Waals surface area contributed by atoms with Crippen LogP contribution in [0.5, 0.6) is 0 Å². The number of nitrogens with one attached hydrogen (secondary N) is 1. The molecule has 3 amide bonds. The number of rotatable bonds is 3. The molecule has 2 saturated heterocycles. The van der Waals surface area contributed by atoms with Crippen LogP contribution in [0.1, 0.15) is 36.8 Å². The third-order valence-corrected chi connectivity index (χ3v) is 7.09. The quantitative estimate of drug-likeness (QED) is 0.747. The number of anilines is 1. The fourth-order valence-corrected chi connectivity index (χ4v) is 5.07. The monoisotopic (exact) mass is 463 g/mol. The van der Waals surface area contributed by atoms with Gasteiger partial charge in [-0.3, -0.25) is 4.79 Å². The van der Waals surface area contributed by atoms with E-state index in [2.05, 4.69) is 5.32 Å². The van der Waals surface area contributed by atoms with Gasteiger partial charge >= 0.3 is 12.2 Å². The van der Waals surface area contributed by atoms with Crippen molar-refractivity contribution in [2.45, 2.75) is 37.9 Å². The molecule has 10 heteroatoms. The van der Waals surface area contributed by atoms with E-state index in [-0.39, 0.29) is 23.9 Å². The highest BCUT2D eigenvalue weighted by atomic mass is 19.4. The number of alkyl halides is 3. The van der Waals surface area contributed by atoms with Crippen molar-refractivity contribution in [1.29, 1.82) is 5.26 Å². The zero-order valence-electron chi connectivity index (χ0n) is 18.8. The summed E-state index contributed by atoms with van der Waals surface area (Å²) in [5.41, 5.74) is -1.33. The Morgan fingerprint density at radius 1 is 1.21 bits per heavy atom. The molecule has 33 heavy (non-hydrogen) atoms. The summed E-state index contributed by atoms with van der Waals surface area (Å²) in [6.45, 7) is 1.76. The van der Waals surface area contributed by atoms with Crippen LogP contribution >= 0.6 is 0 Å². The Hall–Kier alpha value is -2.96. The Bertz CT molecular complexity index is 975. The van der Waals surface area contributed by atoms with Crippen LogP contribution in [0.25, 0.3) is 0 Å². The summed E-state index contributed by atoms with van der Waals surface area (Å²) in [5, 5.41) is 12.1. The van der Waals surface area contributed by atoms with Crippen molar-refractivity contribution < 1.29 is 22.8 Å².